The highest BCUT2D eigenvalue weighted by atomic mass is 32.2. The molecule has 1 saturated heterocycles. The molecule has 4 rings (SSSR count). The van der Waals surface area contributed by atoms with Gasteiger partial charge in [-0.25, -0.2) is 4.98 Å². The van der Waals surface area contributed by atoms with Gasteiger partial charge < -0.3 is 4.90 Å². The maximum absolute atomic E-state index is 13.3. The molecule has 1 aromatic heterocycles. The van der Waals surface area contributed by atoms with Crippen LogP contribution in [0.5, 0.6) is 0 Å². The summed E-state index contributed by atoms with van der Waals surface area (Å²) in [4.78, 5) is 33.4. The van der Waals surface area contributed by atoms with E-state index >= 15 is 0 Å². The van der Waals surface area contributed by atoms with Crippen molar-refractivity contribution in [2.24, 2.45) is 0 Å². The van der Waals surface area contributed by atoms with Gasteiger partial charge in [0, 0.05) is 24.8 Å². The van der Waals surface area contributed by atoms with E-state index in [0.717, 1.165) is 59.8 Å². The van der Waals surface area contributed by atoms with Gasteiger partial charge in [0.05, 0.1) is 22.0 Å². The fraction of sp³-hybridized carbons (Fsp3) is 0.476. The number of fused-ring (bicyclic) bond motifs is 1. The normalized spacial score (nSPS) is 18.5. The first-order valence-electron chi connectivity index (χ1n) is 9.74. The number of thioether (sulfide) groups is 2. The molecule has 1 atom stereocenters. The summed E-state index contributed by atoms with van der Waals surface area (Å²) in [5.41, 5.74) is 3.90. The fourth-order valence-electron chi connectivity index (χ4n) is 3.89. The Morgan fingerprint density at radius 1 is 1.21 bits per heavy atom. The quantitative estimate of drug-likeness (QED) is 0.564. The molecule has 0 aliphatic carbocycles. The molecular weight excluding hydrogens is 390 g/mol. The number of hydrogen-bond donors (Lipinski definition) is 0. The van der Waals surface area contributed by atoms with E-state index in [2.05, 4.69) is 13.0 Å². The Morgan fingerprint density at radius 2 is 1.89 bits per heavy atom. The molecule has 28 heavy (non-hydrogen) atoms. The van der Waals surface area contributed by atoms with Crippen LogP contribution in [-0.2, 0) is 11.2 Å². The highest BCUT2D eigenvalue weighted by Gasteiger charge is 2.27. The minimum Gasteiger partial charge on any atom is -0.342 e. The SMILES string of the molecule is Cc1cc(C)cc(-n2c(SCC(=O)N3CCCC3)nc3c(c2=O)S[C@H](C)C3)c1. The number of nitrogens with zero attached hydrogens (tertiary/aromatic N) is 3. The number of rotatable bonds is 4. The average molecular weight is 416 g/mol. The third-order valence-electron chi connectivity index (χ3n) is 5.13. The minimum atomic E-state index is -0.0135. The van der Waals surface area contributed by atoms with E-state index in [9.17, 15) is 9.59 Å². The number of hydrogen-bond acceptors (Lipinski definition) is 5. The van der Waals surface area contributed by atoms with Gasteiger partial charge >= 0.3 is 0 Å². The van der Waals surface area contributed by atoms with Crippen molar-refractivity contribution < 1.29 is 4.79 Å². The van der Waals surface area contributed by atoms with Crippen LogP contribution in [0.3, 0.4) is 0 Å². The van der Waals surface area contributed by atoms with Crippen LogP contribution in [0.25, 0.3) is 5.69 Å². The lowest BCUT2D eigenvalue weighted by Gasteiger charge is -2.17. The molecule has 3 heterocycles. The monoisotopic (exact) mass is 415 g/mol. The van der Waals surface area contributed by atoms with E-state index in [-0.39, 0.29) is 11.5 Å². The van der Waals surface area contributed by atoms with Gasteiger partial charge in [0.1, 0.15) is 0 Å². The number of aromatic nitrogens is 2. The largest absolute Gasteiger partial charge is 0.342 e. The van der Waals surface area contributed by atoms with E-state index in [4.69, 9.17) is 4.98 Å². The Hall–Kier alpha value is -1.73. The molecule has 2 aliphatic heterocycles. The third kappa shape index (κ3) is 3.87. The summed E-state index contributed by atoms with van der Waals surface area (Å²) >= 11 is 2.99. The van der Waals surface area contributed by atoms with Crippen LogP contribution in [0.1, 0.15) is 36.6 Å². The van der Waals surface area contributed by atoms with Crippen LogP contribution in [0.4, 0.5) is 0 Å². The van der Waals surface area contributed by atoms with Crippen LogP contribution >= 0.6 is 23.5 Å². The van der Waals surface area contributed by atoms with Crippen molar-refractivity contribution in [1.82, 2.24) is 14.5 Å². The zero-order valence-corrected chi connectivity index (χ0v) is 18.2. The van der Waals surface area contributed by atoms with Crippen molar-refractivity contribution >= 4 is 29.4 Å². The molecule has 1 fully saturated rings. The lowest BCUT2D eigenvalue weighted by atomic mass is 10.1. The Kier molecular flexibility index (Phi) is 5.56. The molecule has 0 radical (unpaired) electrons. The highest BCUT2D eigenvalue weighted by molar-refractivity contribution is 8.00. The van der Waals surface area contributed by atoms with Crippen molar-refractivity contribution in [2.75, 3.05) is 18.8 Å². The molecule has 1 aromatic carbocycles. The number of aryl methyl sites for hydroxylation is 2. The summed E-state index contributed by atoms with van der Waals surface area (Å²) in [5.74, 6) is 0.450. The van der Waals surface area contributed by atoms with Crippen LogP contribution in [0, 0.1) is 13.8 Å². The number of amides is 1. The number of benzene rings is 1. The molecular formula is C21H25N3O2S2. The second-order valence-electron chi connectivity index (χ2n) is 7.67. The van der Waals surface area contributed by atoms with Crippen LogP contribution in [0.15, 0.2) is 33.0 Å². The molecule has 0 spiro atoms. The highest BCUT2D eigenvalue weighted by Crippen LogP contribution is 2.35. The number of likely N-dealkylation sites (tertiary alicyclic amines) is 1. The zero-order valence-electron chi connectivity index (χ0n) is 16.5. The van der Waals surface area contributed by atoms with Crippen molar-refractivity contribution in [3.05, 3.63) is 45.4 Å². The lowest BCUT2D eigenvalue weighted by molar-refractivity contribution is -0.127. The molecule has 7 heteroatoms. The van der Waals surface area contributed by atoms with Crippen molar-refractivity contribution in [3.8, 4) is 5.69 Å². The van der Waals surface area contributed by atoms with Gasteiger partial charge in [-0.15, -0.1) is 11.8 Å². The van der Waals surface area contributed by atoms with Crippen LogP contribution in [-0.4, -0.2) is 44.5 Å². The summed E-state index contributed by atoms with van der Waals surface area (Å²) in [5, 5.41) is 0.977. The minimum absolute atomic E-state index is 0.0135. The molecule has 0 bridgehead atoms. The molecule has 5 nitrogen and oxygen atoms in total. The lowest BCUT2D eigenvalue weighted by Crippen LogP contribution is -2.30. The van der Waals surface area contributed by atoms with Gasteiger partial charge in [0.15, 0.2) is 5.16 Å². The second-order valence-corrected chi connectivity index (χ2v) is 10.1. The second kappa shape index (κ2) is 7.95. The van der Waals surface area contributed by atoms with Gasteiger partial charge in [-0.3, -0.25) is 14.2 Å². The molecule has 148 valence electrons. The van der Waals surface area contributed by atoms with Crippen molar-refractivity contribution in [3.63, 3.8) is 0 Å². The van der Waals surface area contributed by atoms with E-state index in [0.29, 0.717) is 16.2 Å². The Morgan fingerprint density at radius 3 is 2.57 bits per heavy atom. The zero-order chi connectivity index (χ0) is 19.8. The first-order chi connectivity index (χ1) is 13.4. The maximum Gasteiger partial charge on any atom is 0.272 e. The van der Waals surface area contributed by atoms with Gasteiger partial charge in [0.25, 0.3) is 5.56 Å². The first-order valence-corrected chi connectivity index (χ1v) is 11.6. The van der Waals surface area contributed by atoms with Crippen molar-refractivity contribution in [2.45, 2.75) is 55.3 Å². The Balaban J connectivity index is 1.73. The molecule has 2 aromatic rings. The number of carbonyl (C=O) groups is 1. The first kappa shape index (κ1) is 19.6. The molecule has 0 saturated carbocycles. The van der Waals surface area contributed by atoms with Crippen LogP contribution in [0.2, 0.25) is 0 Å². The Bertz CT molecular complexity index is 960. The Labute approximate surface area is 173 Å². The van der Waals surface area contributed by atoms with E-state index in [1.165, 1.54) is 11.8 Å². The van der Waals surface area contributed by atoms with E-state index in [1.54, 1.807) is 16.3 Å². The average Bonchev–Trinajstić information content (AvgIpc) is 3.28. The topological polar surface area (TPSA) is 55.2 Å². The summed E-state index contributed by atoms with van der Waals surface area (Å²) in [6, 6.07) is 6.12. The molecule has 2 aliphatic rings. The van der Waals surface area contributed by atoms with Gasteiger partial charge in [-0.2, -0.15) is 0 Å². The predicted octanol–water partition coefficient (Wildman–Crippen LogP) is 3.60. The third-order valence-corrected chi connectivity index (χ3v) is 7.27. The summed E-state index contributed by atoms with van der Waals surface area (Å²) in [7, 11) is 0. The molecule has 0 N–H and O–H groups in total. The van der Waals surface area contributed by atoms with Gasteiger partial charge in [-0.05, 0) is 49.9 Å². The number of carbonyl (C=O) groups excluding carboxylic acids is 1. The fourth-order valence-corrected chi connectivity index (χ4v) is 5.92. The van der Waals surface area contributed by atoms with E-state index in [1.807, 2.05) is 30.9 Å². The molecule has 1 amide bonds. The van der Waals surface area contributed by atoms with Gasteiger partial charge in [-0.1, -0.05) is 24.8 Å². The van der Waals surface area contributed by atoms with Crippen molar-refractivity contribution in [1.29, 1.82) is 0 Å². The van der Waals surface area contributed by atoms with Gasteiger partial charge in [0.2, 0.25) is 5.91 Å². The van der Waals surface area contributed by atoms with Crippen LogP contribution < -0.4 is 5.56 Å². The van der Waals surface area contributed by atoms with E-state index < -0.39 is 0 Å². The maximum atomic E-state index is 13.3. The summed E-state index contributed by atoms with van der Waals surface area (Å²) in [6.07, 6.45) is 2.96. The summed E-state index contributed by atoms with van der Waals surface area (Å²) < 4.78 is 1.70. The summed E-state index contributed by atoms with van der Waals surface area (Å²) in [6.45, 7) is 7.87. The molecule has 0 unspecified atom stereocenters. The standard InChI is InChI=1S/C21H25N3O2S2/c1-13-8-14(2)10-16(9-13)24-20(26)19-17(11-15(3)28-19)22-21(24)27-12-18(25)23-6-4-5-7-23/h8-10,15H,4-7,11-12H2,1-3H3/t15-/m1/s1. The smallest absolute Gasteiger partial charge is 0.272 e. The predicted molar refractivity (Wildman–Crippen MR) is 115 cm³/mol.